The molecule has 1 aliphatic rings. The van der Waals surface area contributed by atoms with Crippen molar-refractivity contribution in [2.24, 2.45) is 21.3 Å². The van der Waals surface area contributed by atoms with Crippen LogP contribution in [0, 0.1) is 16.7 Å². The highest BCUT2D eigenvalue weighted by Crippen LogP contribution is 2.34. The third-order valence-corrected chi connectivity index (χ3v) is 6.17. The monoisotopic (exact) mass is 510 g/mol. The Labute approximate surface area is 207 Å². The number of anilines is 1. The van der Waals surface area contributed by atoms with Gasteiger partial charge in [0.25, 0.3) is 0 Å². The Hall–Kier alpha value is -3.54. The molecule has 1 heterocycles. The third-order valence-electron chi connectivity index (χ3n) is 6.17. The number of aromatic carboxylic acids is 1. The summed E-state index contributed by atoms with van der Waals surface area (Å²) < 4.78 is 42.4. The van der Waals surface area contributed by atoms with E-state index in [1.807, 2.05) is 13.8 Å². The number of hydrogen-bond donors (Lipinski definition) is 4. The van der Waals surface area contributed by atoms with Crippen LogP contribution in [0.4, 0.5) is 18.9 Å². The summed E-state index contributed by atoms with van der Waals surface area (Å²) in [4.78, 5) is 33.7. The van der Waals surface area contributed by atoms with Crippen LogP contribution < -0.4 is 15.0 Å². The molecule has 0 radical (unpaired) electrons. The molecular weight excluding hydrogens is 479 g/mol. The highest BCUT2D eigenvalue weighted by atomic mass is 19.4. The summed E-state index contributed by atoms with van der Waals surface area (Å²) in [7, 11) is 1.49. The fourth-order valence-electron chi connectivity index (χ4n) is 4.22. The summed E-state index contributed by atoms with van der Waals surface area (Å²) in [5.41, 5.74) is -0.691. The number of amidine groups is 2. The number of ether oxygens (including phenoxy) is 1. The Bertz CT molecular complexity index is 1100. The van der Waals surface area contributed by atoms with Gasteiger partial charge in [-0.25, -0.2) is 14.5 Å². The summed E-state index contributed by atoms with van der Waals surface area (Å²) in [5.74, 6) is -1.45. The van der Waals surface area contributed by atoms with Crippen LogP contribution in [-0.2, 0) is 4.79 Å². The standard InChI is InChI=1S/C24H30F3N5O4/c1-6-20(32-10-9-23(14(2)3,15(4)28)22(32)35)31-19(29-5)12-30-16-7-8-17(21(33)34)18(11-16)36-13-24(25,26)27/h6-8,11,14,28,30H,1,9-10,12-13H2,2-5H3,(H,33,34)/p+1/t23-/m0/s1. The molecule has 0 bridgehead atoms. The largest absolute Gasteiger partial charge is 0.483 e. The topological polar surface area (TPSA) is 129 Å². The minimum atomic E-state index is -4.63. The Morgan fingerprint density at radius 3 is 2.56 bits per heavy atom. The van der Waals surface area contributed by atoms with Gasteiger partial charge in [-0.15, -0.1) is 0 Å². The van der Waals surface area contributed by atoms with E-state index >= 15 is 0 Å². The number of halogens is 3. The molecule has 12 heteroatoms. The molecular formula is C24H31F3N5O4+. The van der Waals surface area contributed by atoms with Gasteiger partial charge in [0.2, 0.25) is 5.84 Å². The minimum Gasteiger partial charge on any atom is -0.483 e. The van der Waals surface area contributed by atoms with E-state index in [0.717, 1.165) is 12.1 Å². The van der Waals surface area contributed by atoms with Crippen molar-refractivity contribution in [3.05, 3.63) is 36.4 Å². The molecule has 1 fully saturated rings. The average molecular weight is 511 g/mol. The number of hydrogen-bond acceptors (Lipinski definition) is 6. The highest BCUT2D eigenvalue weighted by Gasteiger charge is 2.56. The maximum Gasteiger partial charge on any atom is 0.422 e. The highest BCUT2D eigenvalue weighted by molar-refractivity contribution is 6.09. The molecule has 4 N–H and O–H groups in total. The van der Waals surface area contributed by atoms with Crippen LogP contribution in [0.2, 0.25) is 0 Å². The number of quaternary nitrogens is 1. The Morgan fingerprint density at radius 2 is 2.08 bits per heavy atom. The molecule has 2 atom stereocenters. The summed E-state index contributed by atoms with van der Waals surface area (Å²) in [5, 5.41) is 20.4. The summed E-state index contributed by atoms with van der Waals surface area (Å²) in [6.45, 7) is 8.06. The minimum absolute atomic E-state index is 0.0271. The summed E-state index contributed by atoms with van der Waals surface area (Å²) in [6, 6.07) is 3.67. The number of nitrogens with zero attached hydrogens (tertiary/aromatic N) is 2. The fourth-order valence-corrected chi connectivity index (χ4v) is 4.22. The number of carboxylic acids is 1. The molecule has 9 nitrogen and oxygen atoms in total. The molecule has 1 aromatic rings. The number of aliphatic imine (C=N–C) groups is 2. The van der Waals surface area contributed by atoms with Gasteiger partial charge in [-0.3, -0.25) is 4.99 Å². The van der Waals surface area contributed by atoms with E-state index in [4.69, 9.17) is 5.41 Å². The smallest absolute Gasteiger partial charge is 0.422 e. The van der Waals surface area contributed by atoms with Crippen LogP contribution >= 0.6 is 0 Å². The second-order valence-electron chi connectivity index (χ2n) is 8.67. The molecule has 1 saturated heterocycles. The second-order valence-corrected chi connectivity index (χ2v) is 8.67. The molecule has 2 rings (SSSR count). The zero-order chi connectivity index (χ0) is 27.3. The van der Waals surface area contributed by atoms with E-state index in [1.165, 1.54) is 19.2 Å². The van der Waals surface area contributed by atoms with Crippen molar-refractivity contribution in [1.82, 2.24) is 0 Å². The lowest BCUT2D eigenvalue weighted by Gasteiger charge is -2.27. The van der Waals surface area contributed by atoms with Crippen LogP contribution in [0.3, 0.4) is 0 Å². The predicted octanol–water partition coefficient (Wildman–Crippen LogP) is 2.85. The summed E-state index contributed by atoms with van der Waals surface area (Å²) in [6.07, 6.45) is -2.66. The van der Waals surface area contributed by atoms with Crippen LogP contribution in [0.25, 0.3) is 0 Å². The molecule has 1 aliphatic heterocycles. The molecule has 0 aliphatic carbocycles. The van der Waals surface area contributed by atoms with Gasteiger partial charge in [-0.1, -0.05) is 20.4 Å². The Balaban J connectivity index is 2.23. The predicted molar refractivity (Wildman–Crippen MR) is 131 cm³/mol. The van der Waals surface area contributed by atoms with E-state index in [-0.39, 0.29) is 29.9 Å². The Kier molecular flexibility index (Phi) is 9.14. The molecule has 0 aromatic heterocycles. The van der Waals surface area contributed by atoms with E-state index in [2.05, 4.69) is 26.6 Å². The van der Waals surface area contributed by atoms with Crippen molar-refractivity contribution < 1.29 is 37.5 Å². The number of benzene rings is 1. The van der Waals surface area contributed by atoms with Crippen molar-refractivity contribution in [2.75, 3.05) is 32.1 Å². The second kappa shape index (κ2) is 11.5. The van der Waals surface area contributed by atoms with Gasteiger partial charge >= 0.3 is 18.1 Å². The number of alkyl halides is 3. The quantitative estimate of drug-likeness (QED) is 0.300. The van der Waals surface area contributed by atoms with E-state index in [0.29, 0.717) is 29.4 Å². The zero-order valence-electron chi connectivity index (χ0n) is 20.6. The van der Waals surface area contributed by atoms with Crippen LogP contribution in [-0.4, -0.2) is 67.3 Å². The number of carbonyl (C=O) groups is 2. The molecule has 0 spiro atoms. The van der Waals surface area contributed by atoms with Gasteiger partial charge < -0.3 is 20.6 Å². The van der Waals surface area contributed by atoms with Gasteiger partial charge in [-0.05, 0) is 25.0 Å². The maximum absolute atomic E-state index is 13.3. The van der Waals surface area contributed by atoms with Crippen molar-refractivity contribution in [3.63, 3.8) is 0 Å². The normalized spacial score (nSPS) is 21.0. The third kappa shape index (κ3) is 6.36. The average Bonchev–Trinajstić information content (AvgIpc) is 3.15. The van der Waals surface area contributed by atoms with Gasteiger partial charge in [0.05, 0.1) is 13.1 Å². The molecule has 1 aromatic carbocycles. The van der Waals surface area contributed by atoms with Crippen LogP contribution in [0.1, 0.15) is 37.6 Å². The van der Waals surface area contributed by atoms with Gasteiger partial charge in [0.1, 0.15) is 22.6 Å². The molecule has 0 saturated carbocycles. The number of carboxylic acid groups (broad SMARTS) is 1. The fraction of sp³-hybridized carbons (Fsp3) is 0.458. The molecule has 1 unspecified atom stereocenters. The first-order chi connectivity index (χ1) is 16.8. The number of amides is 1. The van der Waals surface area contributed by atoms with Crippen LogP contribution in [0.5, 0.6) is 5.75 Å². The summed E-state index contributed by atoms with van der Waals surface area (Å²) >= 11 is 0. The number of likely N-dealkylation sites (tertiary alicyclic amines) is 1. The maximum atomic E-state index is 13.3. The zero-order valence-corrected chi connectivity index (χ0v) is 20.6. The first-order valence-corrected chi connectivity index (χ1v) is 11.2. The SMILES string of the molecule is C=CC(=NC(CNc1ccc(C(=O)O)c(OCC(F)(F)F)c1)=NC)[NH+]1CC[C@@](C(C)=N)(C(C)C)C1=O. The van der Waals surface area contributed by atoms with Gasteiger partial charge in [0.15, 0.2) is 6.61 Å². The van der Waals surface area contributed by atoms with Crippen molar-refractivity contribution >= 4 is 34.9 Å². The van der Waals surface area contributed by atoms with Crippen LogP contribution in [0.15, 0.2) is 40.8 Å². The lowest BCUT2D eigenvalue weighted by atomic mass is 9.72. The van der Waals surface area contributed by atoms with Gasteiger partial charge in [-0.2, -0.15) is 18.2 Å². The number of nitrogens with one attached hydrogen (secondary N) is 3. The first-order valence-electron chi connectivity index (χ1n) is 11.2. The van der Waals surface area contributed by atoms with Crippen molar-refractivity contribution in [3.8, 4) is 5.75 Å². The molecule has 1 amide bonds. The first kappa shape index (κ1) is 28.7. The van der Waals surface area contributed by atoms with E-state index < -0.39 is 35.5 Å². The number of rotatable bonds is 9. The number of carbonyl (C=O) groups excluding carboxylic acids is 1. The van der Waals surface area contributed by atoms with Crippen molar-refractivity contribution in [2.45, 2.75) is 33.4 Å². The van der Waals surface area contributed by atoms with Crippen molar-refractivity contribution in [1.29, 1.82) is 5.41 Å². The Morgan fingerprint density at radius 1 is 1.42 bits per heavy atom. The van der Waals surface area contributed by atoms with E-state index in [9.17, 15) is 27.9 Å². The lowest BCUT2D eigenvalue weighted by molar-refractivity contribution is -0.710. The van der Waals surface area contributed by atoms with Gasteiger partial charge in [0, 0.05) is 37.0 Å². The van der Waals surface area contributed by atoms with E-state index in [1.54, 1.807) is 6.92 Å². The molecule has 36 heavy (non-hydrogen) atoms. The molecule has 196 valence electrons. The lowest BCUT2D eigenvalue weighted by Crippen LogP contribution is -3.15.